The van der Waals surface area contributed by atoms with Gasteiger partial charge in [0.2, 0.25) is 0 Å². The van der Waals surface area contributed by atoms with Gasteiger partial charge >= 0.3 is 5.97 Å². The minimum atomic E-state index is -1.09. The van der Waals surface area contributed by atoms with Crippen molar-refractivity contribution in [3.8, 4) is 0 Å². The highest BCUT2D eigenvalue weighted by molar-refractivity contribution is 7.18. The second-order valence-corrected chi connectivity index (χ2v) is 10.3. The number of alkyl halides is 2. The summed E-state index contributed by atoms with van der Waals surface area (Å²) < 4.78 is 4.40. The Bertz CT molecular complexity index is 967. The fourth-order valence-electron chi connectivity index (χ4n) is 3.53. The molecule has 0 saturated heterocycles. The van der Waals surface area contributed by atoms with Gasteiger partial charge in [0.1, 0.15) is 14.6 Å². The number of halogens is 2. The maximum atomic E-state index is 12.6. The molecule has 5 nitrogen and oxygen atoms in total. The van der Waals surface area contributed by atoms with E-state index in [0.717, 1.165) is 24.8 Å². The lowest BCUT2D eigenvalue weighted by atomic mass is 9.89. The Balaban J connectivity index is 1.63. The van der Waals surface area contributed by atoms with Crippen molar-refractivity contribution in [2.24, 2.45) is 11.3 Å². The van der Waals surface area contributed by atoms with Gasteiger partial charge in [-0.1, -0.05) is 6.92 Å². The number of hydrogen-bond acceptors (Lipinski definition) is 5. The van der Waals surface area contributed by atoms with Crippen molar-refractivity contribution < 1.29 is 9.53 Å². The molecule has 0 amide bonds. The molecule has 2 aromatic heterocycles. The number of ether oxygens (including phenoxy) is 1. The molecule has 2 aromatic rings. The number of nitrogens with zero attached hydrogens (tertiary/aromatic N) is 1. The molecule has 1 N–H and O–H groups in total. The molecule has 1 saturated carbocycles. The molecule has 3 atom stereocenters. The van der Waals surface area contributed by atoms with Gasteiger partial charge in [-0.25, -0.2) is 4.98 Å². The predicted molar refractivity (Wildman–Crippen MR) is 103 cm³/mol. The van der Waals surface area contributed by atoms with E-state index in [0.29, 0.717) is 28.4 Å². The first-order valence-corrected chi connectivity index (χ1v) is 10.3. The highest BCUT2D eigenvalue weighted by Crippen LogP contribution is 2.64. The average Bonchev–Trinajstić information content (AvgIpc) is 2.90. The number of hydrogen-bond donors (Lipinski definition) is 1. The first kappa shape index (κ1) is 18.3. The van der Waals surface area contributed by atoms with Crippen LogP contribution in [0.2, 0.25) is 0 Å². The monoisotopic (exact) mass is 414 g/mol. The Hall–Kier alpha value is -1.11. The fraction of sp³-hybridized carbons (Fsp3) is 0.611. The fourth-order valence-corrected chi connectivity index (χ4v) is 5.61. The third-order valence-electron chi connectivity index (χ3n) is 5.56. The zero-order valence-corrected chi connectivity index (χ0v) is 17.1. The first-order chi connectivity index (χ1) is 12.1. The van der Waals surface area contributed by atoms with Crippen LogP contribution in [-0.4, -0.2) is 20.3 Å². The second-order valence-electron chi connectivity index (χ2n) is 7.74. The summed E-state index contributed by atoms with van der Waals surface area (Å²) in [7, 11) is 0. The van der Waals surface area contributed by atoms with Gasteiger partial charge in [0.15, 0.2) is 11.9 Å². The zero-order chi connectivity index (χ0) is 18.9. The predicted octanol–water partition coefficient (Wildman–Crippen LogP) is 4.30. The number of fused-ring (bicyclic) bond motifs is 3. The van der Waals surface area contributed by atoms with Crippen molar-refractivity contribution in [1.29, 1.82) is 0 Å². The first-order valence-electron chi connectivity index (χ1n) is 8.76. The molecular weight excluding hydrogens is 395 g/mol. The van der Waals surface area contributed by atoms with E-state index in [1.807, 2.05) is 0 Å². The van der Waals surface area contributed by atoms with Crippen LogP contribution in [0.1, 0.15) is 56.0 Å². The van der Waals surface area contributed by atoms with E-state index in [4.69, 9.17) is 27.9 Å². The summed E-state index contributed by atoms with van der Waals surface area (Å²) in [5, 5.41) is 0.689. The molecule has 0 spiro atoms. The summed E-state index contributed by atoms with van der Waals surface area (Å²) in [5.41, 5.74) is 0.0571. The molecule has 0 aliphatic heterocycles. The van der Waals surface area contributed by atoms with Crippen LogP contribution in [0.25, 0.3) is 10.2 Å². The third-order valence-corrected chi connectivity index (χ3v) is 7.81. The summed E-state index contributed by atoms with van der Waals surface area (Å²) in [4.78, 5) is 34.3. The third kappa shape index (κ3) is 2.77. The maximum absolute atomic E-state index is 12.6. The lowest BCUT2D eigenvalue weighted by molar-refractivity contribution is -0.155. The summed E-state index contributed by atoms with van der Waals surface area (Å²) in [6.07, 6.45) is 2.66. The van der Waals surface area contributed by atoms with Crippen molar-refractivity contribution in [3.05, 3.63) is 26.6 Å². The smallest absolute Gasteiger partial charge is 0.315 e. The quantitative estimate of drug-likeness (QED) is 0.600. The largest absolute Gasteiger partial charge is 0.454 e. The number of carbonyl (C=O) groups is 1. The van der Waals surface area contributed by atoms with Crippen LogP contribution in [0.3, 0.4) is 0 Å². The van der Waals surface area contributed by atoms with Crippen LogP contribution in [0, 0.1) is 11.3 Å². The number of esters is 1. The van der Waals surface area contributed by atoms with E-state index >= 15 is 0 Å². The minimum absolute atomic E-state index is 0.165. The van der Waals surface area contributed by atoms with Crippen molar-refractivity contribution in [1.82, 2.24) is 9.97 Å². The standard InChI is InChI=1S/C18H20Cl2N2O3S/c1-8-4-5-10-11(6-8)26-15-12(10)14(23)21-13(22-15)9(2)25-16(24)17(3)7-18(17,19)20/h8-9H,4-7H2,1-3H3,(H,21,22,23)/t8-,9-,17-/m0/s1. The van der Waals surface area contributed by atoms with Crippen molar-refractivity contribution in [2.45, 2.75) is 56.9 Å². The average molecular weight is 415 g/mol. The normalized spacial score (nSPS) is 27.8. The van der Waals surface area contributed by atoms with E-state index < -0.39 is 21.8 Å². The summed E-state index contributed by atoms with van der Waals surface area (Å²) in [6.45, 7) is 5.59. The molecule has 0 unspecified atom stereocenters. The van der Waals surface area contributed by atoms with E-state index in [1.54, 1.807) is 25.2 Å². The van der Waals surface area contributed by atoms with Gasteiger partial charge < -0.3 is 9.72 Å². The molecule has 1 fully saturated rings. The molecule has 2 aliphatic carbocycles. The van der Waals surface area contributed by atoms with Gasteiger partial charge in [-0.3, -0.25) is 9.59 Å². The van der Waals surface area contributed by atoms with Gasteiger partial charge in [-0.2, -0.15) is 0 Å². The van der Waals surface area contributed by atoms with E-state index in [2.05, 4.69) is 16.9 Å². The Morgan fingerprint density at radius 3 is 2.81 bits per heavy atom. The molecule has 4 rings (SSSR count). The van der Waals surface area contributed by atoms with Crippen LogP contribution >= 0.6 is 34.5 Å². The molecule has 26 heavy (non-hydrogen) atoms. The number of rotatable bonds is 3. The molecule has 2 heterocycles. The van der Waals surface area contributed by atoms with E-state index in [9.17, 15) is 9.59 Å². The number of aryl methyl sites for hydroxylation is 1. The number of carbonyl (C=O) groups excluding carboxylic acids is 1. The Kier molecular flexibility index (Phi) is 4.18. The highest BCUT2D eigenvalue weighted by Gasteiger charge is 2.69. The van der Waals surface area contributed by atoms with E-state index in [-0.39, 0.29) is 5.56 Å². The summed E-state index contributed by atoms with van der Waals surface area (Å²) in [5.74, 6) is 0.498. The van der Waals surface area contributed by atoms with Gasteiger partial charge in [0, 0.05) is 11.3 Å². The molecule has 8 heteroatoms. The molecule has 0 aromatic carbocycles. The maximum Gasteiger partial charge on any atom is 0.315 e. The Labute approximate surface area is 165 Å². The number of nitrogens with one attached hydrogen (secondary N) is 1. The number of aromatic amines is 1. The molecule has 0 bridgehead atoms. The van der Waals surface area contributed by atoms with Gasteiger partial charge in [-0.05, 0) is 44.6 Å². The van der Waals surface area contributed by atoms with Crippen LogP contribution in [0.15, 0.2) is 4.79 Å². The van der Waals surface area contributed by atoms with Crippen molar-refractivity contribution >= 4 is 50.7 Å². The zero-order valence-electron chi connectivity index (χ0n) is 14.8. The van der Waals surface area contributed by atoms with Crippen molar-refractivity contribution in [3.63, 3.8) is 0 Å². The lowest BCUT2D eigenvalue weighted by Crippen LogP contribution is -2.24. The summed E-state index contributed by atoms with van der Waals surface area (Å²) >= 11 is 13.6. The summed E-state index contributed by atoms with van der Waals surface area (Å²) in [6, 6.07) is 0. The SMILES string of the molecule is C[C@H]1CCc2c(sc3nc([C@H](C)OC(=O)[C@]4(C)CC4(Cl)Cl)[nH]c(=O)c23)C1. The van der Waals surface area contributed by atoms with Gasteiger partial charge in [-0.15, -0.1) is 34.5 Å². The van der Waals surface area contributed by atoms with Crippen LogP contribution < -0.4 is 5.56 Å². The van der Waals surface area contributed by atoms with Crippen LogP contribution in [0.5, 0.6) is 0 Å². The van der Waals surface area contributed by atoms with Crippen LogP contribution in [0.4, 0.5) is 0 Å². The second kappa shape index (κ2) is 5.94. The lowest BCUT2D eigenvalue weighted by Gasteiger charge is -2.17. The number of thiophene rings is 1. The van der Waals surface area contributed by atoms with Crippen LogP contribution in [-0.2, 0) is 22.4 Å². The highest BCUT2D eigenvalue weighted by atomic mass is 35.5. The Morgan fingerprint density at radius 1 is 1.46 bits per heavy atom. The number of H-pyrrole nitrogens is 1. The number of aromatic nitrogens is 2. The minimum Gasteiger partial charge on any atom is -0.454 e. The van der Waals surface area contributed by atoms with Gasteiger partial charge in [0.25, 0.3) is 5.56 Å². The Morgan fingerprint density at radius 2 is 2.15 bits per heavy atom. The molecule has 2 aliphatic rings. The molecular formula is C18H20Cl2N2O3S. The van der Waals surface area contributed by atoms with Gasteiger partial charge in [0.05, 0.1) is 5.39 Å². The molecule has 140 valence electrons. The molecule has 0 radical (unpaired) electrons. The van der Waals surface area contributed by atoms with E-state index in [1.165, 1.54) is 4.88 Å². The topological polar surface area (TPSA) is 72.0 Å². The van der Waals surface area contributed by atoms with Crippen molar-refractivity contribution in [2.75, 3.05) is 0 Å².